The van der Waals surface area contributed by atoms with E-state index in [9.17, 15) is 5.26 Å². The van der Waals surface area contributed by atoms with Gasteiger partial charge < -0.3 is 4.57 Å². The molecule has 0 aliphatic heterocycles. The summed E-state index contributed by atoms with van der Waals surface area (Å²) < 4.78 is 2.26. The summed E-state index contributed by atoms with van der Waals surface area (Å²) in [5, 5.41) is 12.3. The number of nitriles is 1. The molecule has 0 amide bonds. The fourth-order valence-corrected chi connectivity index (χ4v) is 9.33. The number of fused-ring (bicyclic) bond motifs is 3. The van der Waals surface area contributed by atoms with Gasteiger partial charge in [-0.25, -0.2) is 29.8 Å². The van der Waals surface area contributed by atoms with Gasteiger partial charge in [-0.3, -0.25) is 0 Å². The molecule has 8 nitrogen and oxygen atoms in total. The molecule has 0 N–H and O–H groups in total. The smallest absolute Gasteiger partial charge is 0.194 e. The fourth-order valence-electron chi connectivity index (χ4n) is 9.33. The average molecular weight is 907 g/mol. The van der Waals surface area contributed by atoms with Crippen LogP contribution in [0.2, 0.25) is 0 Å². The summed E-state index contributed by atoms with van der Waals surface area (Å²) in [7, 11) is 0. The Bertz CT molecular complexity index is 3830. The molecule has 330 valence electrons. The molecule has 9 aromatic carbocycles. The first kappa shape index (κ1) is 42.2. The highest BCUT2D eigenvalue weighted by Gasteiger charge is 2.23. The van der Waals surface area contributed by atoms with E-state index in [4.69, 9.17) is 31.5 Å². The molecule has 12 rings (SSSR count). The third-order valence-corrected chi connectivity index (χ3v) is 12.8. The highest BCUT2D eigenvalue weighted by Crippen LogP contribution is 2.42. The Kier molecular flexibility index (Phi) is 10.8. The van der Waals surface area contributed by atoms with Gasteiger partial charge in [0.05, 0.1) is 46.3 Å². The lowest BCUT2D eigenvalue weighted by Crippen LogP contribution is -2.05. The van der Waals surface area contributed by atoms with Gasteiger partial charge in [-0.1, -0.05) is 188 Å². The standard InChI is InChI=1S/C63H38N8/c1-65-54-29-17-16-28-50(54)46-31-34-52-51-33-30-45(49-27-15-14-26-48(49)40-64)37-58(51)71(59(52)38-46)57-35-32-47(62-66-55(41-18-6-2-7-19-41)39-56(67-62)42-20-8-3-9-21-42)36-53(57)63-69-60(43-22-10-4-11-23-43)68-61(70-63)44-24-12-5-13-25-44/h2-39H. The second-order valence-electron chi connectivity index (χ2n) is 17.0. The van der Waals surface area contributed by atoms with Crippen LogP contribution in [0.15, 0.2) is 231 Å². The molecule has 0 fully saturated rings. The van der Waals surface area contributed by atoms with Gasteiger partial charge in [-0.05, 0) is 64.7 Å². The van der Waals surface area contributed by atoms with Crippen molar-refractivity contribution in [3.63, 3.8) is 0 Å². The van der Waals surface area contributed by atoms with E-state index in [1.165, 1.54) is 0 Å². The summed E-state index contributed by atoms with van der Waals surface area (Å²) in [6, 6.07) is 79.1. The first-order chi connectivity index (χ1) is 35.1. The number of hydrogen-bond acceptors (Lipinski definition) is 6. The van der Waals surface area contributed by atoms with Gasteiger partial charge in [-0.2, -0.15) is 5.26 Å². The monoisotopic (exact) mass is 906 g/mol. The molecule has 0 aliphatic rings. The quantitative estimate of drug-likeness (QED) is 0.134. The van der Waals surface area contributed by atoms with Crippen molar-refractivity contribution in [2.45, 2.75) is 0 Å². The van der Waals surface area contributed by atoms with E-state index >= 15 is 0 Å². The minimum absolute atomic E-state index is 0.451. The van der Waals surface area contributed by atoms with Crippen molar-refractivity contribution in [2.24, 2.45) is 0 Å². The van der Waals surface area contributed by atoms with E-state index < -0.39 is 0 Å². The topological polar surface area (TPSA) is 97.5 Å². The van der Waals surface area contributed by atoms with Gasteiger partial charge in [0.2, 0.25) is 0 Å². The van der Waals surface area contributed by atoms with Crippen molar-refractivity contribution in [2.75, 3.05) is 0 Å². The zero-order valence-electron chi connectivity index (χ0n) is 38.0. The number of para-hydroxylation sites is 1. The molecule has 12 aromatic rings. The van der Waals surface area contributed by atoms with Crippen LogP contribution in [0.25, 0.3) is 123 Å². The van der Waals surface area contributed by atoms with E-state index in [1.54, 1.807) is 0 Å². The van der Waals surface area contributed by atoms with E-state index in [0.717, 1.165) is 89.0 Å². The maximum absolute atomic E-state index is 10.3. The Labute approximate surface area is 410 Å². The molecule has 0 spiro atoms. The van der Waals surface area contributed by atoms with E-state index in [-0.39, 0.29) is 0 Å². The first-order valence-corrected chi connectivity index (χ1v) is 23.2. The van der Waals surface area contributed by atoms with Crippen molar-refractivity contribution in [1.29, 1.82) is 5.26 Å². The predicted octanol–water partition coefficient (Wildman–Crippen LogP) is 15.5. The van der Waals surface area contributed by atoms with Gasteiger partial charge in [0, 0.05) is 44.2 Å². The molecule has 3 aromatic heterocycles. The molecule has 0 aliphatic carbocycles. The lowest BCUT2D eigenvalue weighted by molar-refractivity contribution is 1.06. The number of hydrogen-bond donors (Lipinski definition) is 0. The molecule has 0 atom stereocenters. The fraction of sp³-hybridized carbons (Fsp3) is 0. The van der Waals surface area contributed by atoms with Crippen molar-refractivity contribution >= 4 is 27.5 Å². The third kappa shape index (κ3) is 7.94. The minimum atomic E-state index is 0.451. The Hall–Kier alpha value is -10.2. The lowest BCUT2D eigenvalue weighted by Gasteiger charge is -2.17. The minimum Gasteiger partial charge on any atom is -0.308 e. The molecule has 0 saturated heterocycles. The molecule has 3 heterocycles. The first-order valence-electron chi connectivity index (χ1n) is 23.2. The normalized spacial score (nSPS) is 11.1. The number of benzene rings is 9. The lowest BCUT2D eigenvalue weighted by atomic mass is 9.98. The highest BCUT2D eigenvalue weighted by atomic mass is 15.1. The summed E-state index contributed by atoms with van der Waals surface area (Å²) in [5.74, 6) is 2.03. The molecule has 0 saturated carbocycles. The summed E-state index contributed by atoms with van der Waals surface area (Å²) in [6.07, 6.45) is 0. The largest absolute Gasteiger partial charge is 0.308 e. The summed E-state index contributed by atoms with van der Waals surface area (Å²) in [6.45, 7) is 8.07. The molecule has 0 radical (unpaired) electrons. The van der Waals surface area contributed by atoms with E-state index in [1.807, 2.05) is 152 Å². The van der Waals surface area contributed by atoms with Gasteiger partial charge in [-0.15, -0.1) is 0 Å². The van der Waals surface area contributed by atoms with Crippen LogP contribution in [0.4, 0.5) is 5.69 Å². The van der Waals surface area contributed by atoms with Crippen molar-refractivity contribution < 1.29 is 0 Å². The maximum atomic E-state index is 10.3. The third-order valence-electron chi connectivity index (χ3n) is 12.8. The van der Waals surface area contributed by atoms with E-state index in [2.05, 4.69) is 94.3 Å². The highest BCUT2D eigenvalue weighted by molar-refractivity contribution is 6.12. The summed E-state index contributed by atoms with van der Waals surface area (Å²) in [4.78, 5) is 30.2. The average Bonchev–Trinajstić information content (AvgIpc) is 3.78. The van der Waals surface area contributed by atoms with E-state index in [0.29, 0.717) is 40.1 Å². The summed E-state index contributed by atoms with van der Waals surface area (Å²) >= 11 is 0. The SMILES string of the molecule is [C-]#[N+]c1ccccc1-c1ccc2c3ccc(-c4ccccc4C#N)cc3n(-c3ccc(-c4nc(-c5ccccc5)cc(-c5ccccc5)n4)cc3-c3nc(-c4ccccc4)nc(-c4ccccc4)n3)c2c1. The van der Waals surface area contributed by atoms with Gasteiger partial charge in [0.25, 0.3) is 0 Å². The maximum Gasteiger partial charge on any atom is 0.194 e. The van der Waals surface area contributed by atoms with Crippen LogP contribution < -0.4 is 0 Å². The number of nitrogens with zero attached hydrogens (tertiary/aromatic N) is 8. The van der Waals surface area contributed by atoms with Crippen molar-refractivity contribution in [3.8, 4) is 102 Å². The number of aromatic nitrogens is 6. The van der Waals surface area contributed by atoms with Gasteiger partial charge in [0.15, 0.2) is 29.0 Å². The zero-order chi connectivity index (χ0) is 47.7. The van der Waals surface area contributed by atoms with Crippen molar-refractivity contribution in [1.82, 2.24) is 29.5 Å². The second kappa shape index (κ2) is 18.2. The Morgan fingerprint density at radius 2 is 0.817 bits per heavy atom. The molecular formula is C63H38N8. The van der Waals surface area contributed by atoms with Gasteiger partial charge in [0.1, 0.15) is 0 Å². The second-order valence-corrected chi connectivity index (χ2v) is 17.0. The molecule has 71 heavy (non-hydrogen) atoms. The van der Waals surface area contributed by atoms with Crippen LogP contribution in [0.5, 0.6) is 0 Å². The number of rotatable bonds is 9. The molecular weight excluding hydrogens is 869 g/mol. The van der Waals surface area contributed by atoms with Crippen LogP contribution in [-0.2, 0) is 0 Å². The molecule has 8 heteroatoms. The Morgan fingerprint density at radius 3 is 1.37 bits per heavy atom. The van der Waals surface area contributed by atoms with Crippen LogP contribution in [0, 0.1) is 17.9 Å². The van der Waals surface area contributed by atoms with Crippen LogP contribution in [0.1, 0.15) is 5.56 Å². The zero-order valence-corrected chi connectivity index (χ0v) is 38.0. The van der Waals surface area contributed by atoms with Crippen LogP contribution in [0.3, 0.4) is 0 Å². The van der Waals surface area contributed by atoms with Crippen LogP contribution in [-0.4, -0.2) is 29.5 Å². The predicted molar refractivity (Wildman–Crippen MR) is 284 cm³/mol. The summed E-state index contributed by atoms with van der Waals surface area (Å²) in [5.41, 5.74) is 13.9. The molecule has 0 bridgehead atoms. The van der Waals surface area contributed by atoms with Crippen LogP contribution >= 0.6 is 0 Å². The Balaban J connectivity index is 1.19. The Morgan fingerprint density at radius 1 is 0.366 bits per heavy atom. The van der Waals surface area contributed by atoms with Crippen molar-refractivity contribution in [3.05, 3.63) is 248 Å². The van der Waals surface area contributed by atoms with Gasteiger partial charge >= 0.3 is 0 Å². The molecule has 0 unspecified atom stereocenters.